The van der Waals surface area contributed by atoms with E-state index in [1.54, 1.807) is 12.4 Å². The molecule has 0 aromatic carbocycles. The molecule has 0 spiro atoms. The molecule has 2 aromatic heterocycles. The molecule has 2 aliphatic rings. The summed E-state index contributed by atoms with van der Waals surface area (Å²) in [6, 6.07) is 5.49. The van der Waals surface area contributed by atoms with Crippen LogP contribution in [0, 0.1) is 5.92 Å². The van der Waals surface area contributed by atoms with Crippen LogP contribution in [0.3, 0.4) is 0 Å². The van der Waals surface area contributed by atoms with Gasteiger partial charge in [0.25, 0.3) is 5.91 Å². The van der Waals surface area contributed by atoms with Crippen LogP contribution in [-0.4, -0.2) is 37.9 Å². The monoisotopic (exact) mass is 340 g/mol. The van der Waals surface area contributed by atoms with Crippen LogP contribution in [0.1, 0.15) is 54.1 Å². The summed E-state index contributed by atoms with van der Waals surface area (Å²) in [4.78, 5) is 16.9. The van der Waals surface area contributed by atoms with Crippen LogP contribution < -0.4 is 5.32 Å². The maximum Gasteiger partial charge on any atom is 0.253 e. The van der Waals surface area contributed by atoms with Gasteiger partial charge in [-0.25, -0.2) is 0 Å². The lowest BCUT2D eigenvalue weighted by Crippen LogP contribution is -2.40. The Morgan fingerprint density at radius 3 is 2.84 bits per heavy atom. The number of amides is 1. The van der Waals surface area contributed by atoms with Crippen LogP contribution >= 0.6 is 0 Å². The maximum absolute atomic E-state index is 12.5. The first-order chi connectivity index (χ1) is 12.2. The van der Waals surface area contributed by atoms with Crippen molar-refractivity contribution in [1.29, 1.82) is 0 Å². The molecule has 0 bridgehead atoms. The molecule has 2 aliphatic carbocycles. The van der Waals surface area contributed by atoms with E-state index in [0.717, 1.165) is 18.7 Å². The van der Waals surface area contributed by atoms with E-state index in [1.807, 2.05) is 29.1 Å². The smallest absolute Gasteiger partial charge is 0.253 e. The fraction of sp³-hybridized carbons (Fsp3) is 0.526. The van der Waals surface area contributed by atoms with E-state index in [0.29, 0.717) is 23.8 Å². The molecule has 132 valence electrons. The summed E-state index contributed by atoms with van der Waals surface area (Å²) in [6.45, 7) is 0.772. The first-order valence-corrected chi connectivity index (χ1v) is 9.11. The third-order valence-corrected chi connectivity index (χ3v) is 5.52. The van der Waals surface area contributed by atoms with Crippen molar-refractivity contribution < 1.29 is 9.90 Å². The molecule has 25 heavy (non-hydrogen) atoms. The zero-order valence-electron chi connectivity index (χ0n) is 14.2. The minimum absolute atomic E-state index is 0.156. The fourth-order valence-electron chi connectivity index (χ4n) is 3.83. The van der Waals surface area contributed by atoms with Gasteiger partial charge in [0.1, 0.15) is 0 Å². The number of carbonyl (C=O) groups is 1. The second kappa shape index (κ2) is 6.96. The summed E-state index contributed by atoms with van der Waals surface area (Å²) in [5.74, 6) is 0.729. The Morgan fingerprint density at radius 2 is 2.20 bits per heavy atom. The topological polar surface area (TPSA) is 80.0 Å². The lowest BCUT2D eigenvalue weighted by molar-refractivity contribution is 0.0872. The first-order valence-electron chi connectivity index (χ1n) is 9.11. The summed E-state index contributed by atoms with van der Waals surface area (Å²) >= 11 is 0. The number of hydrogen-bond donors (Lipinski definition) is 2. The number of rotatable bonds is 5. The molecule has 1 amide bonds. The number of pyridine rings is 1. The summed E-state index contributed by atoms with van der Waals surface area (Å²) in [6.07, 6.45) is 9.95. The zero-order valence-corrected chi connectivity index (χ0v) is 14.2. The summed E-state index contributed by atoms with van der Waals surface area (Å²) in [5.41, 5.74) is 1.65. The van der Waals surface area contributed by atoms with Crippen molar-refractivity contribution in [2.75, 3.05) is 0 Å². The average molecular weight is 340 g/mol. The van der Waals surface area contributed by atoms with Crippen molar-refractivity contribution in [1.82, 2.24) is 20.1 Å². The van der Waals surface area contributed by atoms with Crippen LogP contribution in [0.15, 0.2) is 36.8 Å². The number of aromatic nitrogens is 3. The molecule has 4 rings (SSSR count). The molecule has 6 heteroatoms. The van der Waals surface area contributed by atoms with Gasteiger partial charge in [-0.15, -0.1) is 0 Å². The molecule has 2 fully saturated rings. The van der Waals surface area contributed by atoms with E-state index in [2.05, 4.69) is 15.4 Å². The number of nitrogens with one attached hydrogen (secondary N) is 1. The molecule has 3 atom stereocenters. The van der Waals surface area contributed by atoms with Crippen molar-refractivity contribution >= 4 is 5.91 Å². The highest BCUT2D eigenvalue weighted by atomic mass is 16.3. The van der Waals surface area contributed by atoms with Crippen molar-refractivity contribution in [2.45, 2.75) is 56.7 Å². The molecule has 0 saturated heterocycles. The minimum atomic E-state index is -0.508. The minimum Gasteiger partial charge on any atom is -0.391 e. The Morgan fingerprint density at radius 1 is 1.32 bits per heavy atom. The van der Waals surface area contributed by atoms with Gasteiger partial charge in [-0.3, -0.25) is 14.5 Å². The molecule has 2 heterocycles. The Hall–Kier alpha value is -2.21. The Kier molecular flexibility index (Phi) is 4.53. The van der Waals surface area contributed by atoms with E-state index in [9.17, 15) is 9.90 Å². The second-order valence-corrected chi connectivity index (χ2v) is 7.31. The highest BCUT2D eigenvalue weighted by molar-refractivity contribution is 5.94. The van der Waals surface area contributed by atoms with Gasteiger partial charge >= 0.3 is 0 Å². The number of carbonyl (C=O) groups excluding carboxylic acids is 1. The van der Waals surface area contributed by atoms with Gasteiger partial charge in [0, 0.05) is 36.7 Å². The molecule has 2 N–H and O–H groups in total. The number of aliphatic hydroxyl groups excluding tert-OH is 1. The highest BCUT2D eigenvalue weighted by Crippen LogP contribution is 2.35. The van der Waals surface area contributed by atoms with Crippen LogP contribution in [0.25, 0.3) is 0 Å². The summed E-state index contributed by atoms with van der Waals surface area (Å²) in [7, 11) is 0. The molecular weight excluding hydrogens is 316 g/mol. The van der Waals surface area contributed by atoms with E-state index in [-0.39, 0.29) is 11.9 Å². The Bertz CT molecular complexity index is 710. The molecule has 1 unspecified atom stereocenters. The van der Waals surface area contributed by atoms with Crippen LogP contribution in [0.4, 0.5) is 0 Å². The fourth-order valence-corrected chi connectivity index (χ4v) is 3.83. The molecule has 2 saturated carbocycles. The summed E-state index contributed by atoms with van der Waals surface area (Å²) in [5, 5.41) is 17.5. The lowest BCUT2D eigenvalue weighted by atomic mass is 9.82. The average Bonchev–Trinajstić information content (AvgIpc) is 3.17. The van der Waals surface area contributed by atoms with Crippen LogP contribution in [0.5, 0.6) is 0 Å². The maximum atomic E-state index is 12.5. The van der Waals surface area contributed by atoms with Gasteiger partial charge in [-0.2, -0.15) is 5.10 Å². The SMILES string of the molecule is O=C(N[C@@H]1CC(Cn2cccn2)C[C@H]1O)c1ccc(C2CCC2)nc1. The number of nitrogens with zero attached hydrogens (tertiary/aromatic N) is 3. The predicted molar refractivity (Wildman–Crippen MR) is 93.0 cm³/mol. The van der Waals surface area contributed by atoms with Gasteiger partial charge in [0.05, 0.1) is 17.7 Å². The molecule has 2 aromatic rings. The van der Waals surface area contributed by atoms with Crippen LogP contribution in [0.2, 0.25) is 0 Å². The van der Waals surface area contributed by atoms with Crippen molar-refractivity contribution in [3.8, 4) is 0 Å². The van der Waals surface area contributed by atoms with Gasteiger partial charge in [-0.1, -0.05) is 6.42 Å². The van der Waals surface area contributed by atoms with Crippen molar-refractivity contribution in [2.24, 2.45) is 5.92 Å². The first kappa shape index (κ1) is 16.3. The van der Waals surface area contributed by atoms with E-state index >= 15 is 0 Å². The van der Waals surface area contributed by atoms with Gasteiger partial charge in [-0.05, 0) is 49.8 Å². The third-order valence-electron chi connectivity index (χ3n) is 5.52. The van der Waals surface area contributed by atoms with E-state index in [4.69, 9.17) is 0 Å². The van der Waals surface area contributed by atoms with Crippen LogP contribution in [-0.2, 0) is 6.54 Å². The zero-order chi connectivity index (χ0) is 17.2. The normalized spacial score (nSPS) is 26.4. The highest BCUT2D eigenvalue weighted by Gasteiger charge is 2.34. The van der Waals surface area contributed by atoms with Crippen molar-refractivity contribution in [3.05, 3.63) is 48.0 Å². The summed E-state index contributed by atoms with van der Waals surface area (Å²) < 4.78 is 1.88. The number of hydrogen-bond acceptors (Lipinski definition) is 4. The quantitative estimate of drug-likeness (QED) is 0.874. The van der Waals surface area contributed by atoms with Gasteiger partial charge in [0.15, 0.2) is 0 Å². The standard InChI is InChI=1S/C19H24N4O2/c24-18-10-13(12-23-8-2-7-21-23)9-17(18)22-19(25)15-5-6-16(20-11-15)14-3-1-4-14/h2,5-8,11,13-14,17-18,24H,1,3-4,9-10,12H2,(H,22,25)/t13?,17-,18-/m1/s1. The van der Waals surface area contributed by atoms with E-state index < -0.39 is 6.10 Å². The molecule has 0 aliphatic heterocycles. The Balaban J connectivity index is 1.33. The molecule has 0 radical (unpaired) electrons. The Labute approximate surface area is 147 Å². The van der Waals surface area contributed by atoms with E-state index in [1.165, 1.54) is 19.3 Å². The molecular formula is C19H24N4O2. The second-order valence-electron chi connectivity index (χ2n) is 7.31. The van der Waals surface area contributed by atoms with Gasteiger partial charge in [0.2, 0.25) is 0 Å². The van der Waals surface area contributed by atoms with Crippen molar-refractivity contribution in [3.63, 3.8) is 0 Å². The molecule has 6 nitrogen and oxygen atoms in total. The third kappa shape index (κ3) is 3.58. The van der Waals surface area contributed by atoms with Gasteiger partial charge < -0.3 is 10.4 Å². The largest absolute Gasteiger partial charge is 0.391 e. The predicted octanol–water partition coefficient (Wildman–Crippen LogP) is 2.12. The number of aliphatic hydroxyl groups is 1. The lowest BCUT2D eigenvalue weighted by Gasteiger charge is -2.24.